The molecule has 0 radical (unpaired) electrons. The summed E-state index contributed by atoms with van der Waals surface area (Å²) in [6.07, 6.45) is 1.72. The van der Waals surface area contributed by atoms with Crippen LogP contribution in [0.25, 0.3) is 0 Å². The zero-order chi connectivity index (χ0) is 12.9. The quantitative estimate of drug-likeness (QED) is 0.699. The summed E-state index contributed by atoms with van der Waals surface area (Å²) >= 11 is 0. The minimum atomic E-state index is -3.27. The molecule has 0 aromatic heterocycles. The molecule has 0 aromatic carbocycles. The third kappa shape index (κ3) is 3.40. The second kappa shape index (κ2) is 6.68. The van der Waals surface area contributed by atoms with Crippen LogP contribution in [0.4, 0.5) is 0 Å². The molecule has 1 N–H and O–H groups in total. The maximum Gasteiger partial charge on any atom is 0.282 e. The standard InChI is InChI=1S/C11H25N3O2S/c1-4-7-13(8-5-2)17(15,16)14(6-3)11-9-12-10-11/h11-12H,4-10H2,1-3H3. The lowest BCUT2D eigenvalue weighted by Gasteiger charge is -2.39. The number of hydrogen-bond donors (Lipinski definition) is 1. The van der Waals surface area contributed by atoms with Gasteiger partial charge in [0.15, 0.2) is 0 Å². The zero-order valence-electron chi connectivity index (χ0n) is 11.1. The fourth-order valence-electron chi connectivity index (χ4n) is 2.08. The van der Waals surface area contributed by atoms with Crippen molar-refractivity contribution in [3.8, 4) is 0 Å². The summed E-state index contributed by atoms with van der Waals surface area (Å²) in [5, 5.41) is 3.13. The molecule has 1 saturated heterocycles. The van der Waals surface area contributed by atoms with Crippen molar-refractivity contribution in [3.05, 3.63) is 0 Å². The highest BCUT2D eigenvalue weighted by molar-refractivity contribution is 7.86. The number of rotatable bonds is 8. The first kappa shape index (κ1) is 14.9. The van der Waals surface area contributed by atoms with Gasteiger partial charge in [-0.15, -0.1) is 0 Å². The second-order valence-corrected chi connectivity index (χ2v) is 6.30. The third-order valence-electron chi connectivity index (χ3n) is 3.05. The maximum absolute atomic E-state index is 12.5. The predicted molar refractivity (Wildman–Crippen MR) is 70.1 cm³/mol. The van der Waals surface area contributed by atoms with Crippen molar-refractivity contribution in [2.45, 2.75) is 39.7 Å². The van der Waals surface area contributed by atoms with Gasteiger partial charge in [0.2, 0.25) is 0 Å². The van der Waals surface area contributed by atoms with E-state index in [9.17, 15) is 8.42 Å². The highest BCUT2D eigenvalue weighted by atomic mass is 32.2. The van der Waals surface area contributed by atoms with Gasteiger partial charge in [-0.1, -0.05) is 20.8 Å². The maximum atomic E-state index is 12.5. The topological polar surface area (TPSA) is 52.7 Å². The van der Waals surface area contributed by atoms with Gasteiger partial charge >= 0.3 is 0 Å². The van der Waals surface area contributed by atoms with Crippen LogP contribution in [-0.2, 0) is 10.2 Å². The van der Waals surface area contributed by atoms with Crippen molar-refractivity contribution in [2.24, 2.45) is 0 Å². The Morgan fingerprint density at radius 1 is 1.12 bits per heavy atom. The van der Waals surface area contributed by atoms with Crippen LogP contribution in [0.15, 0.2) is 0 Å². The molecule has 0 spiro atoms. The normalized spacial score (nSPS) is 17.7. The lowest BCUT2D eigenvalue weighted by molar-refractivity contribution is 0.230. The predicted octanol–water partition coefficient (Wildman–Crippen LogP) is 0.647. The van der Waals surface area contributed by atoms with Crippen LogP contribution in [0.3, 0.4) is 0 Å². The summed E-state index contributed by atoms with van der Waals surface area (Å²) in [6.45, 7) is 9.28. The molecule has 0 unspecified atom stereocenters. The first-order chi connectivity index (χ1) is 8.07. The van der Waals surface area contributed by atoms with Crippen molar-refractivity contribution in [1.82, 2.24) is 13.9 Å². The summed E-state index contributed by atoms with van der Waals surface area (Å²) in [5.41, 5.74) is 0. The molecular weight excluding hydrogens is 238 g/mol. The van der Waals surface area contributed by atoms with E-state index in [0.717, 1.165) is 25.9 Å². The van der Waals surface area contributed by atoms with Crippen LogP contribution in [0.5, 0.6) is 0 Å². The van der Waals surface area contributed by atoms with Crippen molar-refractivity contribution >= 4 is 10.2 Å². The highest BCUT2D eigenvalue weighted by Crippen LogP contribution is 2.15. The summed E-state index contributed by atoms with van der Waals surface area (Å²) in [5.74, 6) is 0. The monoisotopic (exact) mass is 263 g/mol. The van der Waals surface area contributed by atoms with E-state index in [-0.39, 0.29) is 6.04 Å². The van der Waals surface area contributed by atoms with Crippen molar-refractivity contribution in [1.29, 1.82) is 0 Å². The fourth-order valence-corrected chi connectivity index (χ4v) is 4.05. The minimum Gasteiger partial charge on any atom is -0.313 e. The Hall–Kier alpha value is -0.170. The van der Waals surface area contributed by atoms with Crippen molar-refractivity contribution < 1.29 is 8.42 Å². The van der Waals surface area contributed by atoms with Crippen molar-refractivity contribution in [2.75, 3.05) is 32.7 Å². The summed E-state index contributed by atoms with van der Waals surface area (Å²) in [4.78, 5) is 0. The first-order valence-electron chi connectivity index (χ1n) is 6.55. The van der Waals surface area contributed by atoms with Gasteiger partial charge in [0.1, 0.15) is 0 Å². The third-order valence-corrected chi connectivity index (χ3v) is 5.21. The summed E-state index contributed by atoms with van der Waals surface area (Å²) in [6, 6.07) is 0.140. The molecule has 1 aliphatic rings. The summed E-state index contributed by atoms with van der Waals surface area (Å²) < 4.78 is 28.3. The zero-order valence-corrected chi connectivity index (χ0v) is 12.0. The fraction of sp³-hybridized carbons (Fsp3) is 1.00. The molecule has 0 aliphatic carbocycles. The van der Waals surface area contributed by atoms with Gasteiger partial charge in [-0.3, -0.25) is 0 Å². The Morgan fingerprint density at radius 2 is 1.65 bits per heavy atom. The van der Waals surface area contributed by atoms with Crippen LogP contribution < -0.4 is 5.32 Å². The second-order valence-electron chi connectivity index (χ2n) is 4.42. The SMILES string of the molecule is CCCN(CCC)S(=O)(=O)N(CC)C1CNC1. The molecule has 1 aliphatic heterocycles. The van der Waals surface area contributed by atoms with Gasteiger partial charge < -0.3 is 5.32 Å². The molecule has 1 rings (SSSR count). The number of hydrogen-bond acceptors (Lipinski definition) is 3. The van der Waals surface area contributed by atoms with E-state index in [1.807, 2.05) is 20.8 Å². The molecule has 5 nitrogen and oxygen atoms in total. The van der Waals surface area contributed by atoms with Gasteiger partial charge in [0.25, 0.3) is 10.2 Å². The average molecular weight is 263 g/mol. The van der Waals surface area contributed by atoms with E-state index in [0.29, 0.717) is 19.6 Å². The van der Waals surface area contributed by atoms with Gasteiger partial charge in [-0.2, -0.15) is 17.0 Å². The van der Waals surface area contributed by atoms with Gasteiger partial charge in [-0.05, 0) is 12.8 Å². The minimum absolute atomic E-state index is 0.140. The molecule has 0 amide bonds. The van der Waals surface area contributed by atoms with E-state index in [1.54, 1.807) is 8.61 Å². The Balaban J connectivity index is 2.79. The van der Waals surface area contributed by atoms with E-state index in [1.165, 1.54) is 0 Å². The summed E-state index contributed by atoms with van der Waals surface area (Å²) in [7, 11) is -3.27. The largest absolute Gasteiger partial charge is 0.313 e. The van der Waals surface area contributed by atoms with E-state index in [4.69, 9.17) is 0 Å². The van der Waals surface area contributed by atoms with E-state index < -0.39 is 10.2 Å². The van der Waals surface area contributed by atoms with Gasteiger partial charge in [0, 0.05) is 32.7 Å². The molecule has 0 bridgehead atoms. The van der Waals surface area contributed by atoms with E-state index >= 15 is 0 Å². The molecule has 1 heterocycles. The van der Waals surface area contributed by atoms with Crippen LogP contribution in [0, 0.1) is 0 Å². The molecular formula is C11H25N3O2S. The smallest absolute Gasteiger partial charge is 0.282 e. The lowest BCUT2D eigenvalue weighted by Crippen LogP contribution is -2.61. The molecule has 17 heavy (non-hydrogen) atoms. The molecule has 102 valence electrons. The van der Waals surface area contributed by atoms with Gasteiger partial charge in [0.05, 0.1) is 6.04 Å². The molecule has 0 atom stereocenters. The molecule has 1 fully saturated rings. The van der Waals surface area contributed by atoms with Crippen LogP contribution in [0.2, 0.25) is 0 Å². The van der Waals surface area contributed by atoms with Crippen LogP contribution in [-0.4, -0.2) is 55.8 Å². The average Bonchev–Trinajstić information content (AvgIpc) is 2.22. The Labute approximate surface area is 105 Å². The Kier molecular flexibility index (Phi) is 5.85. The van der Waals surface area contributed by atoms with Crippen molar-refractivity contribution in [3.63, 3.8) is 0 Å². The highest BCUT2D eigenvalue weighted by Gasteiger charge is 2.35. The number of nitrogens with zero attached hydrogens (tertiary/aromatic N) is 2. The van der Waals surface area contributed by atoms with E-state index in [2.05, 4.69) is 5.32 Å². The molecule has 6 heteroatoms. The lowest BCUT2D eigenvalue weighted by atomic mass is 10.2. The Bertz CT molecular complexity index is 309. The van der Waals surface area contributed by atoms with Crippen LogP contribution >= 0.6 is 0 Å². The molecule has 0 saturated carbocycles. The Morgan fingerprint density at radius 3 is 1.94 bits per heavy atom. The number of nitrogens with one attached hydrogen (secondary N) is 1. The molecule has 0 aromatic rings. The first-order valence-corrected chi connectivity index (χ1v) is 7.95. The van der Waals surface area contributed by atoms with Gasteiger partial charge in [-0.25, -0.2) is 0 Å². The number of likely N-dealkylation sites (N-methyl/N-ethyl adjacent to an activating group) is 1. The van der Waals surface area contributed by atoms with Crippen LogP contribution in [0.1, 0.15) is 33.6 Å².